The van der Waals surface area contributed by atoms with Crippen LogP contribution in [0.25, 0.3) is 0 Å². The number of nitrogens with zero attached hydrogens (tertiary/aromatic N) is 1. The summed E-state index contributed by atoms with van der Waals surface area (Å²) in [6.07, 6.45) is 0.733. The molecule has 1 aliphatic rings. The number of rotatable bonds is 3. The van der Waals surface area contributed by atoms with Crippen molar-refractivity contribution in [2.24, 2.45) is 5.10 Å². The van der Waals surface area contributed by atoms with Gasteiger partial charge >= 0.3 is 5.97 Å². The normalized spacial score (nSPS) is 15.1. The van der Waals surface area contributed by atoms with Gasteiger partial charge in [-0.2, -0.15) is 5.10 Å². The summed E-state index contributed by atoms with van der Waals surface area (Å²) in [7, 11) is 0. The zero-order chi connectivity index (χ0) is 14.7. The van der Waals surface area contributed by atoms with Crippen LogP contribution in [0, 0.1) is 0 Å². The monoisotopic (exact) mass is 282 g/mol. The Morgan fingerprint density at radius 2 is 1.90 bits per heavy atom. The SMILES string of the molecule is O=C(O)c1ccc(N/N=C2/CCOc3ccccc32)cc1. The van der Waals surface area contributed by atoms with Crippen LogP contribution in [0.5, 0.6) is 5.75 Å². The Kier molecular flexibility index (Phi) is 3.55. The minimum Gasteiger partial charge on any atom is -0.492 e. The van der Waals surface area contributed by atoms with Gasteiger partial charge in [0.1, 0.15) is 5.75 Å². The van der Waals surface area contributed by atoms with Crippen molar-refractivity contribution in [3.63, 3.8) is 0 Å². The van der Waals surface area contributed by atoms with Crippen molar-refractivity contribution in [3.8, 4) is 5.75 Å². The molecule has 0 atom stereocenters. The molecule has 2 N–H and O–H groups in total. The van der Waals surface area contributed by atoms with Gasteiger partial charge in [-0.25, -0.2) is 4.79 Å². The molecule has 2 aromatic carbocycles. The lowest BCUT2D eigenvalue weighted by molar-refractivity contribution is 0.0697. The second-order valence-electron chi connectivity index (χ2n) is 4.65. The van der Waals surface area contributed by atoms with Gasteiger partial charge in [-0.3, -0.25) is 5.43 Å². The Bertz CT molecular complexity index is 693. The van der Waals surface area contributed by atoms with Crippen LogP contribution >= 0.6 is 0 Å². The van der Waals surface area contributed by atoms with Crippen LogP contribution in [0.3, 0.4) is 0 Å². The number of fused-ring (bicyclic) bond motifs is 1. The second kappa shape index (κ2) is 5.66. The third-order valence-electron chi connectivity index (χ3n) is 3.25. The first-order valence-corrected chi connectivity index (χ1v) is 6.62. The first kappa shape index (κ1) is 13.2. The van der Waals surface area contributed by atoms with Crippen LogP contribution in [0.4, 0.5) is 5.69 Å². The van der Waals surface area contributed by atoms with Crippen LogP contribution in [0.15, 0.2) is 53.6 Å². The van der Waals surface area contributed by atoms with E-state index in [1.165, 1.54) is 0 Å². The smallest absolute Gasteiger partial charge is 0.335 e. The summed E-state index contributed by atoms with van der Waals surface area (Å²) in [6.45, 7) is 0.607. The minimum absolute atomic E-state index is 0.254. The fourth-order valence-electron chi connectivity index (χ4n) is 2.16. The molecule has 0 aromatic heterocycles. The van der Waals surface area contributed by atoms with Crippen molar-refractivity contribution in [2.45, 2.75) is 6.42 Å². The van der Waals surface area contributed by atoms with Gasteiger partial charge in [-0.05, 0) is 36.4 Å². The number of carboxylic acids is 1. The van der Waals surface area contributed by atoms with Crippen molar-refractivity contribution in [1.82, 2.24) is 0 Å². The third-order valence-corrected chi connectivity index (χ3v) is 3.25. The molecule has 1 heterocycles. The first-order chi connectivity index (χ1) is 10.2. The second-order valence-corrected chi connectivity index (χ2v) is 4.65. The number of hydrogen-bond donors (Lipinski definition) is 2. The predicted octanol–water partition coefficient (Wildman–Crippen LogP) is 2.98. The van der Waals surface area contributed by atoms with Crippen LogP contribution in [0.1, 0.15) is 22.3 Å². The first-order valence-electron chi connectivity index (χ1n) is 6.62. The van der Waals surface area contributed by atoms with E-state index >= 15 is 0 Å². The van der Waals surface area contributed by atoms with Gasteiger partial charge in [0.25, 0.3) is 0 Å². The fourth-order valence-corrected chi connectivity index (χ4v) is 2.16. The minimum atomic E-state index is -0.939. The number of carbonyl (C=O) groups is 1. The molecule has 5 heteroatoms. The molecule has 0 spiro atoms. The summed E-state index contributed by atoms with van der Waals surface area (Å²) < 4.78 is 5.57. The molecule has 0 radical (unpaired) electrons. The molecular formula is C16H14N2O3. The summed E-state index contributed by atoms with van der Waals surface area (Å²) in [6, 6.07) is 14.3. The zero-order valence-electron chi connectivity index (χ0n) is 11.2. The molecule has 106 valence electrons. The number of carboxylic acid groups (broad SMARTS) is 1. The number of nitrogens with one attached hydrogen (secondary N) is 1. The van der Waals surface area contributed by atoms with Gasteiger partial charge in [0, 0.05) is 12.0 Å². The number of benzene rings is 2. The molecule has 0 aliphatic carbocycles. The average Bonchev–Trinajstić information content (AvgIpc) is 2.53. The van der Waals surface area contributed by atoms with Gasteiger partial charge in [-0.15, -0.1) is 0 Å². The van der Waals surface area contributed by atoms with Crippen LogP contribution in [0.2, 0.25) is 0 Å². The van der Waals surface area contributed by atoms with Crippen molar-refractivity contribution in [1.29, 1.82) is 0 Å². The highest BCUT2D eigenvalue weighted by atomic mass is 16.5. The highest BCUT2D eigenvalue weighted by molar-refractivity contribution is 6.04. The molecule has 0 fully saturated rings. The maximum absolute atomic E-state index is 10.8. The number of hydrogen-bond acceptors (Lipinski definition) is 4. The Hall–Kier alpha value is -2.82. The topological polar surface area (TPSA) is 70.9 Å². The largest absolute Gasteiger partial charge is 0.492 e. The number of ether oxygens (including phenoxy) is 1. The quantitative estimate of drug-likeness (QED) is 0.849. The highest BCUT2D eigenvalue weighted by Gasteiger charge is 2.15. The summed E-state index contributed by atoms with van der Waals surface area (Å²) in [5.74, 6) is -0.100. The van der Waals surface area contributed by atoms with Gasteiger partial charge in [0.05, 0.1) is 23.6 Å². The van der Waals surface area contributed by atoms with Crippen molar-refractivity contribution < 1.29 is 14.6 Å². The molecule has 0 saturated heterocycles. The molecule has 0 bridgehead atoms. The molecule has 5 nitrogen and oxygen atoms in total. The fraction of sp³-hybridized carbons (Fsp3) is 0.125. The summed E-state index contributed by atoms with van der Waals surface area (Å²) in [4.78, 5) is 10.8. The highest BCUT2D eigenvalue weighted by Crippen LogP contribution is 2.24. The van der Waals surface area contributed by atoms with E-state index in [9.17, 15) is 4.79 Å². The van der Waals surface area contributed by atoms with Crippen molar-refractivity contribution >= 4 is 17.4 Å². The van der Waals surface area contributed by atoms with Crippen LogP contribution in [-0.4, -0.2) is 23.4 Å². The third kappa shape index (κ3) is 2.86. The molecule has 21 heavy (non-hydrogen) atoms. The lowest BCUT2D eigenvalue weighted by Gasteiger charge is -2.18. The summed E-state index contributed by atoms with van der Waals surface area (Å²) >= 11 is 0. The maximum atomic E-state index is 10.8. The molecule has 2 aromatic rings. The van der Waals surface area contributed by atoms with Gasteiger partial charge in [0.15, 0.2) is 0 Å². The van der Waals surface area contributed by atoms with E-state index in [0.29, 0.717) is 6.61 Å². The molecule has 0 amide bonds. The van der Waals surface area contributed by atoms with Gasteiger partial charge in [-0.1, -0.05) is 12.1 Å². The van der Waals surface area contributed by atoms with Crippen molar-refractivity contribution in [2.75, 3.05) is 12.0 Å². The van der Waals surface area contributed by atoms with E-state index in [1.807, 2.05) is 24.3 Å². The van der Waals surface area contributed by atoms with E-state index in [-0.39, 0.29) is 5.56 Å². The van der Waals surface area contributed by atoms with Crippen molar-refractivity contribution in [3.05, 3.63) is 59.7 Å². The lowest BCUT2D eigenvalue weighted by atomic mass is 10.0. The number of anilines is 1. The molecule has 1 aliphatic heterocycles. The standard InChI is InChI=1S/C16H14N2O3/c19-16(20)11-5-7-12(8-6-11)17-18-14-9-10-21-15-4-2-1-3-13(14)15/h1-8,17H,9-10H2,(H,19,20)/b18-14-. The van der Waals surface area contributed by atoms with E-state index in [4.69, 9.17) is 9.84 Å². The van der Waals surface area contributed by atoms with Gasteiger partial charge in [0.2, 0.25) is 0 Å². The van der Waals surface area contributed by atoms with Crippen LogP contribution < -0.4 is 10.2 Å². The number of hydrazone groups is 1. The Morgan fingerprint density at radius 1 is 1.14 bits per heavy atom. The Labute approximate surface area is 121 Å². The zero-order valence-corrected chi connectivity index (χ0v) is 11.2. The average molecular weight is 282 g/mol. The van der Waals surface area contributed by atoms with Crippen LogP contribution in [-0.2, 0) is 0 Å². The predicted molar refractivity (Wildman–Crippen MR) is 80.1 cm³/mol. The number of aromatic carboxylic acids is 1. The lowest BCUT2D eigenvalue weighted by Crippen LogP contribution is -2.17. The molecule has 0 saturated carbocycles. The van der Waals surface area contributed by atoms with E-state index in [2.05, 4.69) is 10.5 Å². The maximum Gasteiger partial charge on any atom is 0.335 e. The molecule has 0 unspecified atom stereocenters. The van der Waals surface area contributed by atoms with Gasteiger partial charge < -0.3 is 9.84 Å². The molecular weight excluding hydrogens is 268 g/mol. The molecule has 3 rings (SSSR count). The van der Waals surface area contributed by atoms with E-state index < -0.39 is 5.97 Å². The summed E-state index contributed by atoms with van der Waals surface area (Å²) in [5, 5.41) is 13.3. The summed E-state index contributed by atoms with van der Waals surface area (Å²) in [5.41, 5.74) is 5.88. The van der Waals surface area contributed by atoms with E-state index in [0.717, 1.165) is 29.1 Å². The van der Waals surface area contributed by atoms with E-state index in [1.54, 1.807) is 24.3 Å². The Morgan fingerprint density at radius 3 is 2.67 bits per heavy atom. The number of para-hydroxylation sites is 1. The Balaban J connectivity index is 1.79.